The van der Waals surface area contributed by atoms with E-state index in [1.54, 1.807) is 18.3 Å². The van der Waals surface area contributed by atoms with E-state index in [1.807, 2.05) is 31.2 Å². The van der Waals surface area contributed by atoms with E-state index in [-0.39, 0.29) is 0 Å². The number of halogens is 3. The van der Waals surface area contributed by atoms with Gasteiger partial charge in [0.05, 0.1) is 20.8 Å². The predicted molar refractivity (Wildman–Crippen MR) is 79.9 cm³/mol. The van der Waals surface area contributed by atoms with Gasteiger partial charge in [-0.3, -0.25) is 4.99 Å². The average Bonchev–Trinajstić information content (AvgIpc) is 2.34. The van der Waals surface area contributed by atoms with E-state index in [0.29, 0.717) is 20.8 Å². The molecule has 92 valence electrons. The maximum absolute atomic E-state index is 6.04. The van der Waals surface area contributed by atoms with Crippen LogP contribution in [0, 0.1) is 6.92 Å². The van der Waals surface area contributed by atoms with Gasteiger partial charge >= 0.3 is 0 Å². The van der Waals surface area contributed by atoms with Crippen molar-refractivity contribution < 1.29 is 0 Å². The lowest BCUT2D eigenvalue weighted by Crippen LogP contribution is -1.81. The quantitative estimate of drug-likeness (QED) is 0.498. The fourth-order valence-corrected chi connectivity index (χ4v) is 2.00. The van der Waals surface area contributed by atoms with E-state index >= 15 is 0 Å². The summed E-state index contributed by atoms with van der Waals surface area (Å²) in [6.07, 6.45) is 1.74. The second kappa shape index (κ2) is 5.75. The Bertz CT molecular complexity index is 589. The maximum atomic E-state index is 6.04. The third-order valence-electron chi connectivity index (χ3n) is 2.42. The number of aliphatic imine (C=N–C) groups is 1. The highest BCUT2D eigenvalue weighted by Crippen LogP contribution is 2.33. The summed E-state index contributed by atoms with van der Waals surface area (Å²) in [5, 5.41) is 1.35. The zero-order chi connectivity index (χ0) is 13.1. The summed E-state index contributed by atoms with van der Waals surface area (Å²) >= 11 is 17.8. The van der Waals surface area contributed by atoms with Gasteiger partial charge in [0.2, 0.25) is 0 Å². The van der Waals surface area contributed by atoms with Crippen LogP contribution in [-0.2, 0) is 0 Å². The molecule has 0 aliphatic rings. The summed E-state index contributed by atoms with van der Waals surface area (Å²) in [5.41, 5.74) is 2.81. The number of hydrogen-bond donors (Lipinski definition) is 0. The largest absolute Gasteiger partial charge is 0.255 e. The molecule has 0 spiro atoms. The van der Waals surface area contributed by atoms with Crippen LogP contribution in [0.1, 0.15) is 11.1 Å². The predicted octanol–water partition coefficient (Wildman–Crippen LogP) is 5.71. The van der Waals surface area contributed by atoms with Crippen LogP contribution in [-0.4, -0.2) is 6.21 Å². The third-order valence-corrected chi connectivity index (χ3v) is 3.44. The van der Waals surface area contributed by atoms with E-state index in [1.165, 1.54) is 5.56 Å². The molecule has 0 aromatic heterocycles. The maximum Gasteiger partial charge on any atom is 0.0831 e. The highest BCUT2D eigenvalue weighted by molar-refractivity contribution is 6.43. The van der Waals surface area contributed by atoms with Crippen LogP contribution in [0.5, 0.6) is 0 Å². The molecule has 2 aromatic carbocycles. The molecule has 0 saturated carbocycles. The Morgan fingerprint density at radius 3 is 2.17 bits per heavy atom. The number of nitrogens with zero attached hydrogens (tertiary/aromatic N) is 1. The van der Waals surface area contributed by atoms with Crippen molar-refractivity contribution in [1.29, 1.82) is 0 Å². The molecular weight excluding hydrogens is 289 g/mol. The van der Waals surface area contributed by atoms with Crippen molar-refractivity contribution in [1.82, 2.24) is 0 Å². The minimum absolute atomic E-state index is 0.427. The Morgan fingerprint density at radius 1 is 0.889 bits per heavy atom. The summed E-state index contributed by atoms with van der Waals surface area (Å²) in [7, 11) is 0. The summed E-state index contributed by atoms with van der Waals surface area (Å²) in [6, 6.07) is 11.3. The number of hydrogen-bond acceptors (Lipinski definition) is 1. The van der Waals surface area contributed by atoms with Crippen molar-refractivity contribution in [3.05, 3.63) is 62.6 Å². The molecule has 0 fully saturated rings. The molecule has 0 aliphatic heterocycles. The molecule has 0 radical (unpaired) electrons. The molecule has 0 saturated heterocycles. The van der Waals surface area contributed by atoms with Crippen molar-refractivity contribution in [2.24, 2.45) is 4.99 Å². The lowest BCUT2D eigenvalue weighted by Gasteiger charge is -2.01. The van der Waals surface area contributed by atoms with Crippen molar-refractivity contribution in [2.45, 2.75) is 6.92 Å². The summed E-state index contributed by atoms with van der Waals surface area (Å²) in [4.78, 5) is 4.31. The first-order valence-electron chi connectivity index (χ1n) is 5.31. The Labute approximate surface area is 121 Å². The van der Waals surface area contributed by atoms with Gasteiger partial charge in [-0.2, -0.15) is 0 Å². The van der Waals surface area contributed by atoms with E-state index in [0.717, 1.165) is 5.56 Å². The Kier molecular flexibility index (Phi) is 4.28. The summed E-state index contributed by atoms with van der Waals surface area (Å²) in [6.45, 7) is 2.04. The molecule has 0 bridgehead atoms. The zero-order valence-electron chi connectivity index (χ0n) is 9.62. The SMILES string of the molecule is Cc1ccc(C=Nc2cc(Cl)c(Cl)cc2Cl)cc1. The molecule has 4 heteroatoms. The molecule has 0 heterocycles. The molecule has 0 N–H and O–H groups in total. The van der Waals surface area contributed by atoms with Crippen LogP contribution in [0.25, 0.3) is 0 Å². The minimum atomic E-state index is 0.427. The van der Waals surface area contributed by atoms with Gasteiger partial charge in [-0.05, 0) is 24.6 Å². The minimum Gasteiger partial charge on any atom is -0.255 e. The van der Waals surface area contributed by atoms with Crippen LogP contribution >= 0.6 is 34.8 Å². The summed E-state index contributed by atoms with van der Waals surface area (Å²) in [5.74, 6) is 0. The molecule has 0 unspecified atom stereocenters. The van der Waals surface area contributed by atoms with Crippen LogP contribution in [0.2, 0.25) is 15.1 Å². The first-order valence-corrected chi connectivity index (χ1v) is 6.45. The first-order chi connectivity index (χ1) is 8.56. The fraction of sp³-hybridized carbons (Fsp3) is 0.0714. The van der Waals surface area contributed by atoms with Gasteiger partial charge in [-0.25, -0.2) is 0 Å². The normalized spacial score (nSPS) is 11.1. The van der Waals surface area contributed by atoms with E-state index in [9.17, 15) is 0 Å². The number of rotatable bonds is 2. The Balaban J connectivity index is 2.28. The number of aryl methyl sites for hydroxylation is 1. The van der Waals surface area contributed by atoms with Crippen molar-refractivity contribution in [3.8, 4) is 0 Å². The topological polar surface area (TPSA) is 12.4 Å². The molecule has 18 heavy (non-hydrogen) atoms. The monoisotopic (exact) mass is 297 g/mol. The molecule has 0 aliphatic carbocycles. The fourth-order valence-electron chi connectivity index (χ4n) is 1.41. The molecule has 0 atom stereocenters. The average molecular weight is 299 g/mol. The second-order valence-corrected chi connectivity index (χ2v) is 5.11. The number of benzene rings is 2. The van der Waals surface area contributed by atoms with Crippen molar-refractivity contribution in [2.75, 3.05) is 0 Å². The van der Waals surface area contributed by atoms with Crippen LogP contribution in [0.3, 0.4) is 0 Å². The first kappa shape index (κ1) is 13.4. The molecule has 2 rings (SSSR count). The second-order valence-electron chi connectivity index (χ2n) is 3.89. The van der Waals surface area contributed by atoms with Crippen LogP contribution in [0.15, 0.2) is 41.4 Å². The summed E-state index contributed by atoms with van der Waals surface area (Å²) < 4.78 is 0. The van der Waals surface area contributed by atoms with Crippen LogP contribution < -0.4 is 0 Å². The van der Waals surface area contributed by atoms with Gasteiger partial charge in [-0.15, -0.1) is 0 Å². The molecule has 0 amide bonds. The lowest BCUT2D eigenvalue weighted by molar-refractivity contribution is 1.46. The van der Waals surface area contributed by atoms with E-state index in [2.05, 4.69) is 4.99 Å². The van der Waals surface area contributed by atoms with Gasteiger partial charge in [0.15, 0.2) is 0 Å². The Hall–Kier alpha value is -1.02. The molecular formula is C14H10Cl3N. The van der Waals surface area contributed by atoms with Gasteiger partial charge in [0, 0.05) is 6.21 Å². The third kappa shape index (κ3) is 3.26. The molecule has 1 nitrogen and oxygen atoms in total. The highest BCUT2D eigenvalue weighted by atomic mass is 35.5. The van der Waals surface area contributed by atoms with E-state index in [4.69, 9.17) is 34.8 Å². The van der Waals surface area contributed by atoms with Gasteiger partial charge in [-0.1, -0.05) is 64.6 Å². The zero-order valence-corrected chi connectivity index (χ0v) is 11.9. The lowest BCUT2D eigenvalue weighted by atomic mass is 10.2. The van der Waals surface area contributed by atoms with Gasteiger partial charge < -0.3 is 0 Å². The van der Waals surface area contributed by atoms with Crippen LogP contribution in [0.4, 0.5) is 5.69 Å². The Morgan fingerprint density at radius 2 is 1.50 bits per heavy atom. The molecule has 2 aromatic rings. The standard InChI is InChI=1S/C14H10Cl3N/c1-9-2-4-10(5-3-9)8-18-14-7-12(16)11(15)6-13(14)17/h2-8H,1H3. The van der Waals surface area contributed by atoms with E-state index < -0.39 is 0 Å². The van der Waals surface area contributed by atoms with Gasteiger partial charge in [0.25, 0.3) is 0 Å². The van der Waals surface area contributed by atoms with Crippen molar-refractivity contribution in [3.63, 3.8) is 0 Å². The van der Waals surface area contributed by atoms with Gasteiger partial charge in [0.1, 0.15) is 0 Å². The smallest absolute Gasteiger partial charge is 0.0831 e. The van der Waals surface area contributed by atoms with Crippen molar-refractivity contribution >= 4 is 46.7 Å². The highest BCUT2D eigenvalue weighted by Gasteiger charge is 2.04.